The fourth-order valence-corrected chi connectivity index (χ4v) is 2.71. The minimum Gasteiger partial charge on any atom is -0.502 e. The van der Waals surface area contributed by atoms with E-state index >= 15 is 0 Å². The van der Waals surface area contributed by atoms with E-state index < -0.39 is 22.3 Å². The number of hydrogen-bond acceptors (Lipinski definition) is 6. The molecule has 3 aromatic rings. The maximum absolute atomic E-state index is 11.9. The molecule has 28 heavy (non-hydrogen) atoms. The molecule has 0 saturated heterocycles. The number of rotatable bonds is 6. The standard InChI is InChI=1S/C19H14ClN3O5/c20-15-6-8-18(14-4-2-1-3-13(14)15)28-11-19(25)22-21-10-12-5-7-17(24)16(9-12)23(26)27/h1-10,24H,11H2,(H,22,25)/b21-10-. The van der Waals surface area contributed by atoms with E-state index in [4.69, 9.17) is 16.3 Å². The Bertz CT molecular complexity index is 1080. The zero-order valence-corrected chi connectivity index (χ0v) is 15.1. The molecule has 142 valence electrons. The molecule has 0 unspecified atom stereocenters. The first-order valence-electron chi connectivity index (χ1n) is 8.05. The molecule has 0 aromatic heterocycles. The van der Waals surface area contributed by atoms with Crippen molar-refractivity contribution >= 4 is 40.2 Å². The van der Waals surface area contributed by atoms with Crippen LogP contribution in [-0.4, -0.2) is 28.8 Å². The van der Waals surface area contributed by atoms with Gasteiger partial charge in [0.1, 0.15) is 5.75 Å². The van der Waals surface area contributed by atoms with Crippen molar-refractivity contribution in [2.24, 2.45) is 5.10 Å². The van der Waals surface area contributed by atoms with Gasteiger partial charge in [0, 0.05) is 27.4 Å². The van der Waals surface area contributed by atoms with Gasteiger partial charge in [0.2, 0.25) is 0 Å². The highest BCUT2D eigenvalue weighted by Crippen LogP contribution is 2.31. The van der Waals surface area contributed by atoms with Gasteiger partial charge in [-0.05, 0) is 24.3 Å². The number of phenols is 1. The highest BCUT2D eigenvalue weighted by Gasteiger charge is 2.13. The van der Waals surface area contributed by atoms with Crippen LogP contribution in [0.1, 0.15) is 5.56 Å². The number of hydrogen-bond donors (Lipinski definition) is 2. The first-order valence-corrected chi connectivity index (χ1v) is 8.43. The Hall–Kier alpha value is -3.65. The summed E-state index contributed by atoms with van der Waals surface area (Å²) in [6.07, 6.45) is 1.22. The number of carbonyl (C=O) groups excluding carboxylic acids is 1. The fraction of sp³-hybridized carbons (Fsp3) is 0.0526. The van der Waals surface area contributed by atoms with E-state index in [1.807, 2.05) is 24.3 Å². The summed E-state index contributed by atoms with van der Waals surface area (Å²) >= 11 is 6.15. The van der Waals surface area contributed by atoms with Gasteiger partial charge < -0.3 is 9.84 Å². The van der Waals surface area contributed by atoms with Crippen molar-refractivity contribution in [1.29, 1.82) is 0 Å². The van der Waals surface area contributed by atoms with Crippen molar-refractivity contribution in [3.8, 4) is 11.5 Å². The Morgan fingerprint density at radius 3 is 2.71 bits per heavy atom. The molecule has 3 rings (SSSR count). The summed E-state index contributed by atoms with van der Waals surface area (Å²) in [7, 11) is 0. The lowest BCUT2D eigenvalue weighted by atomic mass is 10.1. The summed E-state index contributed by atoms with van der Waals surface area (Å²) in [5.41, 5.74) is 2.16. The summed E-state index contributed by atoms with van der Waals surface area (Å²) < 4.78 is 5.54. The maximum Gasteiger partial charge on any atom is 0.311 e. The largest absolute Gasteiger partial charge is 0.502 e. The number of nitrogens with one attached hydrogen (secondary N) is 1. The van der Waals surface area contributed by atoms with Crippen molar-refractivity contribution < 1.29 is 19.6 Å². The molecule has 0 radical (unpaired) electrons. The third-order valence-electron chi connectivity index (χ3n) is 3.79. The van der Waals surface area contributed by atoms with Crippen molar-refractivity contribution in [1.82, 2.24) is 5.43 Å². The lowest BCUT2D eigenvalue weighted by Crippen LogP contribution is -2.24. The molecule has 0 aliphatic carbocycles. The van der Waals surface area contributed by atoms with Crippen LogP contribution in [0, 0.1) is 10.1 Å². The number of nitro benzene ring substituents is 1. The number of amides is 1. The zero-order valence-electron chi connectivity index (χ0n) is 14.3. The number of halogens is 1. The summed E-state index contributed by atoms with van der Waals surface area (Å²) in [5, 5.41) is 26.1. The molecule has 0 heterocycles. The third-order valence-corrected chi connectivity index (χ3v) is 4.12. The Morgan fingerprint density at radius 2 is 1.96 bits per heavy atom. The van der Waals surface area contributed by atoms with Crippen LogP contribution in [0.4, 0.5) is 5.69 Å². The second-order valence-corrected chi connectivity index (χ2v) is 6.09. The SMILES string of the molecule is O=C(COc1ccc(Cl)c2ccccc12)N/N=C\c1ccc(O)c([N+](=O)[O-])c1. The minimum atomic E-state index is -0.713. The highest BCUT2D eigenvalue weighted by molar-refractivity contribution is 6.35. The van der Waals surface area contributed by atoms with Gasteiger partial charge in [-0.2, -0.15) is 5.10 Å². The van der Waals surface area contributed by atoms with E-state index in [0.717, 1.165) is 16.8 Å². The lowest BCUT2D eigenvalue weighted by Gasteiger charge is -2.09. The number of hydrazone groups is 1. The molecule has 0 saturated carbocycles. The Morgan fingerprint density at radius 1 is 1.21 bits per heavy atom. The van der Waals surface area contributed by atoms with E-state index in [-0.39, 0.29) is 6.61 Å². The zero-order chi connectivity index (χ0) is 20.1. The number of benzene rings is 3. The topological polar surface area (TPSA) is 114 Å². The number of nitrogens with zero attached hydrogens (tertiary/aromatic N) is 2. The van der Waals surface area contributed by atoms with E-state index in [9.17, 15) is 20.0 Å². The van der Waals surface area contributed by atoms with Gasteiger partial charge in [-0.15, -0.1) is 0 Å². The molecule has 8 nitrogen and oxygen atoms in total. The molecule has 0 bridgehead atoms. The second kappa shape index (κ2) is 8.36. The Kier molecular flexibility index (Phi) is 5.71. The van der Waals surface area contributed by atoms with E-state index in [2.05, 4.69) is 10.5 Å². The van der Waals surface area contributed by atoms with Crippen LogP contribution in [0.25, 0.3) is 10.8 Å². The number of aromatic hydroxyl groups is 1. The van der Waals surface area contributed by atoms with Crippen LogP contribution in [0.5, 0.6) is 11.5 Å². The van der Waals surface area contributed by atoms with Crippen molar-refractivity contribution in [3.63, 3.8) is 0 Å². The van der Waals surface area contributed by atoms with Crippen LogP contribution in [0.15, 0.2) is 59.7 Å². The first kappa shape index (κ1) is 19.1. The van der Waals surface area contributed by atoms with Crippen LogP contribution in [-0.2, 0) is 4.79 Å². The summed E-state index contributed by atoms with van der Waals surface area (Å²) in [6, 6.07) is 14.5. The number of fused-ring (bicyclic) bond motifs is 1. The van der Waals surface area contributed by atoms with Crippen LogP contribution < -0.4 is 10.2 Å². The predicted octanol–water partition coefficient (Wildman–Crippen LogP) is 3.64. The molecule has 2 N–H and O–H groups in total. The van der Waals surface area contributed by atoms with Gasteiger partial charge in [-0.1, -0.05) is 35.9 Å². The van der Waals surface area contributed by atoms with Gasteiger partial charge in [0.05, 0.1) is 11.1 Å². The molecular formula is C19H14ClN3O5. The summed E-state index contributed by atoms with van der Waals surface area (Å²) in [4.78, 5) is 22.0. The molecule has 0 aliphatic heterocycles. The molecule has 0 aliphatic rings. The Labute approximate surface area is 164 Å². The molecule has 0 spiro atoms. The van der Waals surface area contributed by atoms with Gasteiger partial charge in [0.25, 0.3) is 5.91 Å². The van der Waals surface area contributed by atoms with Crippen LogP contribution in [0.2, 0.25) is 5.02 Å². The third kappa shape index (κ3) is 4.36. The monoisotopic (exact) mass is 399 g/mol. The average Bonchev–Trinajstić information content (AvgIpc) is 2.69. The smallest absolute Gasteiger partial charge is 0.311 e. The van der Waals surface area contributed by atoms with E-state index in [0.29, 0.717) is 16.3 Å². The number of carbonyl (C=O) groups is 1. The quantitative estimate of drug-likeness (QED) is 0.373. The summed E-state index contributed by atoms with van der Waals surface area (Å²) in [5.74, 6) is -0.452. The van der Waals surface area contributed by atoms with Crippen molar-refractivity contribution in [2.45, 2.75) is 0 Å². The van der Waals surface area contributed by atoms with Crippen molar-refractivity contribution in [2.75, 3.05) is 6.61 Å². The molecule has 3 aromatic carbocycles. The van der Waals surface area contributed by atoms with Crippen molar-refractivity contribution in [3.05, 3.63) is 75.3 Å². The second-order valence-electron chi connectivity index (χ2n) is 5.68. The van der Waals surface area contributed by atoms with Gasteiger partial charge in [0.15, 0.2) is 12.4 Å². The fourth-order valence-electron chi connectivity index (χ4n) is 2.48. The number of ether oxygens (including phenoxy) is 1. The average molecular weight is 400 g/mol. The predicted molar refractivity (Wildman–Crippen MR) is 105 cm³/mol. The molecule has 0 atom stereocenters. The minimum absolute atomic E-state index is 0.279. The lowest BCUT2D eigenvalue weighted by molar-refractivity contribution is -0.385. The summed E-state index contributed by atoms with van der Waals surface area (Å²) in [6.45, 7) is -0.279. The molecule has 9 heteroatoms. The van der Waals surface area contributed by atoms with Crippen LogP contribution >= 0.6 is 11.6 Å². The molecular weight excluding hydrogens is 386 g/mol. The highest BCUT2D eigenvalue weighted by atomic mass is 35.5. The normalized spacial score (nSPS) is 10.9. The van der Waals surface area contributed by atoms with E-state index in [1.54, 1.807) is 12.1 Å². The van der Waals surface area contributed by atoms with Gasteiger partial charge in [-0.3, -0.25) is 14.9 Å². The van der Waals surface area contributed by atoms with Gasteiger partial charge >= 0.3 is 5.69 Å². The first-order chi connectivity index (χ1) is 13.5. The maximum atomic E-state index is 11.9. The van der Waals surface area contributed by atoms with E-state index in [1.165, 1.54) is 18.3 Å². The molecule has 1 amide bonds. The Balaban J connectivity index is 1.61. The molecule has 0 fully saturated rings. The van der Waals surface area contributed by atoms with Crippen LogP contribution in [0.3, 0.4) is 0 Å². The number of nitro groups is 1. The van der Waals surface area contributed by atoms with Gasteiger partial charge in [-0.25, -0.2) is 5.43 Å². The number of phenolic OH excluding ortho intramolecular Hbond substituents is 1.